The first-order chi connectivity index (χ1) is 10.3. The van der Waals surface area contributed by atoms with Gasteiger partial charge in [-0.2, -0.15) is 0 Å². The molecule has 0 spiro atoms. The van der Waals surface area contributed by atoms with Gasteiger partial charge >= 0.3 is 0 Å². The van der Waals surface area contributed by atoms with Crippen molar-refractivity contribution in [1.29, 1.82) is 0 Å². The van der Waals surface area contributed by atoms with Crippen molar-refractivity contribution in [3.8, 4) is 0 Å². The van der Waals surface area contributed by atoms with E-state index in [0.29, 0.717) is 12.6 Å². The Morgan fingerprint density at radius 2 is 2.29 bits per heavy atom. The summed E-state index contributed by atoms with van der Waals surface area (Å²) in [6, 6.07) is 0.392. The first kappa shape index (κ1) is 14.6. The Labute approximate surface area is 126 Å². The molecule has 1 saturated heterocycles. The van der Waals surface area contributed by atoms with Crippen molar-refractivity contribution in [3.63, 3.8) is 0 Å². The van der Waals surface area contributed by atoms with Crippen LogP contribution in [0, 0.1) is 5.92 Å². The molecule has 0 aromatic carbocycles. The van der Waals surface area contributed by atoms with Crippen LogP contribution in [0.5, 0.6) is 0 Å². The molecule has 116 valence electrons. The van der Waals surface area contributed by atoms with Gasteiger partial charge in [-0.25, -0.2) is 4.98 Å². The number of aromatic nitrogens is 2. The van der Waals surface area contributed by atoms with E-state index in [-0.39, 0.29) is 5.91 Å². The number of rotatable bonds is 6. The fraction of sp³-hybridized carbons (Fsp3) is 0.750. The molecule has 1 aromatic heterocycles. The van der Waals surface area contributed by atoms with Crippen LogP contribution in [0.15, 0.2) is 12.4 Å². The van der Waals surface area contributed by atoms with Gasteiger partial charge in [-0.15, -0.1) is 0 Å². The molecule has 1 N–H and O–H groups in total. The molecular formula is C16H26N4O. The Balaban J connectivity index is 1.53. The largest absolute Gasteiger partial charge is 0.340 e. The molecule has 21 heavy (non-hydrogen) atoms. The molecule has 1 saturated carbocycles. The fourth-order valence-corrected chi connectivity index (χ4v) is 3.18. The van der Waals surface area contributed by atoms with E-state index in [9.17, 15) is 4.79 Å². The van der Waals surface area contributed by atoms with Gasteiger partial charge in [0, 0.05) is 31.9 Å². The monoisotopic (exact) mass is 290 g/mol. The zero-order valence-electron chi connectivity index (χ0n) is 12.9. The van der Waals surface area contributed by atoms with Crippen molar-refractivity contribution in [2.45, 2.75) is 45.1 Å². The lowest BCUT2D eigenvalue weighted by Crippen LogP contribution is -2.44. The summed E-state index contributed by atoms with van der Waals surface area (Å²) < 4.78 is 2.26. The molecule has 1 unspecified atom stereocenters. The Bertz CT molecular complexity index is 480. The van der Waals surface area contributed by atoms with Crippen molar-refractivity contribution < 1.29 is 4.79 Å². The highest BCUT2D eigenvalue weighted by atomic mass is 16.2. The van der Waals surface area contributed by atoms with Crippen molar-refractivity contribution in [2.75, 3.05) is 26.2 Å². The van der Waals surface area contributed by atoms with Crippen LogP contribution in [-0.2, 0) is 11.2 Å². The first-order valence-electron chi connectivity index (χ1n) is 8.28. The lowest BCUT2D eigenvalue weighted by molar-refractivity contribution is -0.131. The van der Waals surface area contributed by atoms with Gasteiger partial charge in [0.15, 0.2) is 0 Å². The lowest BCUT2D eigenvalue weighted by atomic mass is 10.1. The number of likely N-dealkylation sites (tertiary alicyclic amines) is 1. The molecule has 2 heterocycles. The summed E-state index contributed by atoms with van der Waals surface area (Å²) in [5.41, 5.74) is 0. The third-order valence-corrected chi connectivity index (χ3v) is 4.61. The summed E-state index contributed by atoms with van der Waals surface area (Å²) in [5.74, 6) is 2.20. The number of hydrogen-bond donors (Lipinski definition) is 1. The molecule has 2 aliphatic rings. The van der Waals surface area contributed by atoms with Crippen molar-refractivity contribution in [2.24, 2.45) is 5.92 Å². The number of imidazole rings is 1. The number of aryl methyl sites for hydroxylation is 1. The average molecular weight is 290 g/mol. The first-order valence-corrected chi connectivity index (χ1v) is 8.28. The number of nitrogens with one attached hydrogen (secondary N) is 1. The second-order valence-electron chi connectivity index (χ2n) is 6.31. The Morgan fingerprint density at radius 3 is 3.05 bits per heavy atom. The fourth-order valence-electron chi connectivity index (χ4n) is 3.18. The number of piperidine rings is 1. The molecule has 1 aliphatic carbocycles. The van der Waals surface area contributed by atoms with Gasteiger partial charge in [0.05, 0.1) is 12.6 Å². The molecule has 1 amide bonds. The second kappa shape index (κ2) is 6.60. The van der Waals surface area contributed by atoms with Gasteiger partial charge in [-0.1, -0.05) is 6.92 Å². The van der Waals surface area contributed by atoms with Crippen LogP contribution in [0.4, 0.5) is 0 Å². The van der Waals surface area contributed by atoms with Crippen LogP contribution in [0.25, 0.3) is 0 Å². The van der Waals surface area contributed by atoms with Gasteiger partial charge in [0.25, 0.3) is 0 Å². The summed E-state index contributed by atoms with van der Waals surface area (Å²) in [6.45, 7) is 5.36. The minimum Gasteiger partial charge on any atom is -0.340 e. The topological polar surface area (TPSA) is 50.2 Å². The zero-order chi connectivity index (χ0) is 14.7. The van der Waals surface area contributed by atoms with Crippen LogP contribution < -0.4 is 5.32 Å². The van der Waals surface area contributed by atoms with Crippen LogP contribution in [0.2, 0.25) is 0 Å². The summed E-state index contributed by atoms with van der Waals surface area (Å²) in [4.78, 5) is 18.7. The molecule has 1 aromatic rings. The molecule has 5 heteroatoms. The number of hydrogen-bond acceptors (Lipinski definition) is 3. The summed E-state index contributed by atoms with van der Waals surface area (Å²) in [7, 11) is 0. The van der Waals surface area contributed by atoms with E-state index in [4.69, 9.17) is 0 Å². The molecule has 5 nitrogen and oxygen atoms in total. The van der Waals surface area contributed by atoms with Crippen molar-refractivity contribution >= 4 is 5.91 Å². The van der Waals surface area contributed by atoms with Gasteiger partial charge in [-0.05, 0) is 38.1 Å². The number of carbonyl (C=O) groups excluding carboxylic acids is 1. The average Bonchev–Trinajstić information content (AvgIpc) is 3.21. The quantitative estimate of drug-likeness (QED) is 0.866. The van der Waals surface area contributed by atoms with Crippen LogP contribution in [0.1, 0.15) is 44.5 Å². The van der Waals surface area contributed by atoms with Crippen molar-refractivity contribution in [3.05, 3.63) is 18.2 Å². The van der Waals surface area contributed by atoms with Crippen LogP contribution in [0.3, 0.4) is 0 Å². The summed E-state index contributed by atoms with van der Waals surface area (Å²) in [6.07, 6.45) is 9.75. The van der Waals surface area contributed by atoms with E-state index in [1.807, 2.05) is 11.1 Å². The molecule has 0 bridgehead atoms. The van der Waals surface area contributed by atoms with Crippen LogP contribution in [-0.4, -0.2) is 46.5 Å². The predicted octanol–water partition coefficient (Wildman–Crippen LogP) is 1.61. The molecular weight excluding hydrogens is 264 g/mol. The molecule has 0 radical (unpaired) electrons. The number of nitrogens with zero attached hydrogens (tertiary/aromatic N) is 3. The van der Waals surface area contributed by atoms with Gasteiger partial charge in [0.1, 0.15) is 5.82 Å². The van der Waals surface area contributed by atoms with Gasteiger partial charge < -0.3 is 14.8 Å². The standard InChI is InChI=1S/C16H26N4O/c1-2-15-18-7-9-20(15)14-4-3-8-19(12-14)16(21)11-17-10-13-5-6-13/h7,9,13-14,17H,2-6,8,10-12H2,1H3. The maximum atomic E-state index is 12.3. The van der Waals surface area contributed by atoms with Gasteiger partial charge in [0.2, 0.25) is 5.91 Å². The minimum absolute atomic E-state index is 0.249. The Morgan fingerprint density at radius 1 is 1.43 bits per heavy atom. The highest BCUT2D eigenvalue weighted by molar-refractivity contribution is 5.78. The second-order valence-corrected chi connectivity index (χ2v) is 6.31. The summed E-state index contributed by atoms with van der Waals surface area (Å²) >= 11 is 0. The van der Waals surface area contributed by atoms with E-state index in [0.717, 1.165) is 50.6 Å². The minimum atomic E-state index is 0.249. The molecule has 2 fully saturated rings. The predicted molar refractivity (Wildman–Crippen MR) is 82.0 cm³/mol. The zero-order valence-corrected chi connectivity index (χ0v) is 12.9. The maximum Gasteiger partial charge on any atom is 0.236 e. The van der Waals surface area contributed by atoms with E-state index in [1.165, 1.54) is 12.8 Å². The molecule has 1 aliphatic heterocycles. The number of amides is 1. The van der Waals surface area contributed by atoms with E-state index in [2.05, 4.69) is 28.0 Å². The Hall–Kier alpha value is -1.36. The van der Waals surface area contributed by atoms with E-state index in [1.54, 1.807) is 0 Å². The normalized spacial score (nSPS) is 22.5. The molecule has 3 rings (SSSR count). The highest BCUT2D eigenvalue weighted by Crippen LogP contribution is 2.27. The third-order valence-electron chi connectivity index (χ3n) is 4.61. The van der Waals surface area contributed by atoms with Crippen molar-refractivity contribution in [1.82, 2.24) is 19.8 Å². The highest BCUT2D eigenvalue weighted by Gasteiger charge is 2.26. The Kier molecular flexibility index (Phi) is 4.58. The van der Waals surface area contributed by atoms with E-state index < -0.39 is 0 Å². The smallest absolute Gasteiger partial charge is 0.236 e. The number of carbonyl (C=O) groups is 1. The maximum absolute atomic E-state index is 12.3. The SMILES string of the molecule is CCc1nccn1C1CCCN(C(=O)CNCC2CC2)C1. The lowest BCUT2D eigenvalue weighted by Gasteiger charge is -2.34. The van der Waals surface area contributed by atoms with E-state index >= 15 is 0 Å². The third kappa shape index (κ3) is 3.64. The molecule has 1 atom stereocenters. The summed E-state index contributed by atoms with van der Waals surface area (Å²) in [5, 5.41) is 3.31. The van der Waals surface area contributed by atoms with Gasteiger partial charge in [-0.3, -0.25) is 4.79 Å². The van der Waals surface area contributed by atoms with Crippen LogP contribution >= 0.6 is 0 Å².